The molecule has 3 rings (SSSR count). The van der Waals surface area contributed by atoms with Crippen molar-refractivity contribution in [2.45, 2.75) is 18.6 Å². The first-order chi connectivity index (χ1) is 10.6. The number of nitrogens with one attached hydrogen (secondary N) is 1. The van der Waals surface area contributed by atoms with Gasteiger partial charge in [0.1, 0.15) is 11.6 Å². The molecule has 4 nitrogen and oxygen atoms in total. The normalized spacial score (nSPS) is 18.0. The number of thiophene rings is 1. The second kappa shape index (κ2) is 6.28. The molecule has 7 heteroatoms. The Kier molecular flexibility index (Phi) is 4.37. The predicted molar refractivity (Wildman–Crippen MR) is 88.3 cm³/mol. The maximum Gasteiger partial charge on any atom is 0.233 e. The molecule has 0 aliphatic carbocycles. The number of halogens is 1. The summed E-state index contributed by atoms with van der Waals surface area (Å²) in [6, 6.07) is 6.71. The van der Waals surface area contributed by atoms with Gasteiger partial charge < -0.3 is 10.1 Å². The first kappa shape index (κ1) is 15.3. The SMILES string of the molecule is NC(Cc1cccs1)Oc1ccc(F)c2c1C(CS)C(=O)N2. The smallest absolute Gasteiger partial charge is 0.233 e. The fourth-order valence-corrected chi connectivity index (χ4v) is 3.59. The molecule has 2 heterocycles. The Morgan fingerprint density at radius 1 is 1.45 bits per heavy atom. The lowest BCUT2D eigenvalue weighted by molar-refractivity contribution is -0.116. The molecular formula is C15H15FN2O2S2. The minimum absolute atomic E-state index is 0.171. The van der Waals surface area contributed by atoms with E-state index in [2.05, 4.69) is 17.9 Å². The molecule has 22 heavy (non-hydrogen) atoms. The summed E-state index contributed by atoms with van der Waals surface area (Å²) in [6.45, 7) is 0. The molecule has 0 bridgehead atoms. The van der Waals surface area contributed by atoms with Crippen molar-refractivity contribution in [3.63, 3.8) is 0 Å². The number of carbonyl (C=O) groups is 1. The number of thiol groups is 1. The van der Waals surface area contributed by atoms with Crippen LogP contribution in [0.25, 0.3) is 0 Å². The summed E-state index contributed by atoms with van der Waals surface area (Å²) in [7, 11) is 0. The van der Waals surface area contributed by atoms with Crippen molar-refractivity contribution < 1.29 is 13.9 Å². The van der Waals surface area contributed by atoms with Gasteiger partial charge in [-0.25, -0.2) is 4.39 Å². The highest BCUT2D eigenvalue weighted by atomic mass is 32.1. The molecule has 2 atom stereocenters. The molecule has 1 aromatic heterocycles. The van der Waals surface area contributed by atoms with E-state index in [0.29, 0.717) is 17.7 Å². The quantitative estimate of drug-likeness (QED) is 0.580. The highest BCUT2D eigenvalue weighted by Crippen LogP contribution is 2.41. The minimum atomic E-state index is -0.565. The molecule has 1 aliphatic heterocycles. The van der Waals surface area contributed by atoms with E-state index in [1.165, 1.54) is 12.1 Å². The number of fused-ring (bicyclic) bond motifs is 1. The lowest BCUT2D eigenvalue weighted by Crippen LogP contribution is -2.29. The van der Waals surface area contributed by atoms with Crippen molar-refractivity contribution in [3.8, 4) is 5.75 Å². The van der Waals surface area contributed by atoms with E-state index < -0.39 is 18.0 Å². The van der Waals surface area contributed by atoms with E-state index in [1.807, 2.05) is 17.5 Å². The zero-order valence-electron chi connectivity index (χ0n) is 11.6. The van der Waals surface area contributed by atoms with Crippen molar-refractivity contribution in [2.24, 2.45) is 5.73 Å². The molecule has 0 spiro atoms. The number of hydrogen-bond donors (Lipinski definition) is 3. The molecule has 3 N–H and O–H groups in total. The van der Waals surface area contributed by atoms with Crippen LogP contribution in [0.15, 0.2) is 29.6 Å². The van der Waals surface area contributed by atoms with Crippen LogP contribution in [0.2, 0.25) is 0 Å². The Morgan fingerprint density at radius 2 is 2.27 bits per heavy atom. The van der Waals surface area contributed by atoms with E-state index in [-0.39, 0.29) is 17.3 Å². The molecule has 0 fully saturated rings. The van der Waals surface area contributed by atoms with Crippen molar-refractivity contribution in [2.75, 3.05) is 11.1 Å². The van der Waals surface area contributed by atoms with Gasteiger partial charge in [0, 0.05) is 22.6 Å². The average Bonchev–Trinajstić information content (AvgIpc) is 3.09. The fraction of sp³-hybridized carbons (Fsp3) is 0.267. The van der Waals surface area contributed by atoms with Crippen LogP contribution in [-0.4, -0.2) is 17.9 Å². The number of benzene rings is 1. The van der Waals surface area contributed by atoms with E-state index in [4.69, 9.17) is 10.5 Å². The summed E-state index contributed by atoms with van der Waals surface area (Å²) < 4.78 is 19.6. The van der Waals surface area contributed by atoms with E-state index >= 15 is 0 Å². The molecular weight excluding hydrogens is 323 g/mol. The third-order valence-corrected chi connectivity index (χ3v) is 4.78. The lowest BCUT2D eigenvalue weighted by Gasteiger charge is -2.18. The first-order valence-electron chi connectivity index (χ1n) is 6.79. The molecule has 1 amide bonds. The zero-order valence-corrected chi connectivity index (χ0v) is 13.3. The number of carbonyl (C=O) groups excluding carboxylic acids is 1. The van der Waals surface area contributed by atoms with Gasteiger partial charge in [-0.05, 0) is 23.6 Å². The molecule has 116 valence electrons. The number of nitrogens with two attached hydrogens (primary N) is 1. The topological polar surface area (TPSA) is 64.3 Å². The maximum atomic E-state index is 13.9. The Bertz CT molecular complexity index is 691. The Labute approximate surface area is 136 Å². The Hall–Kier alpha value is -1.57. The van der Waals surface area contributed by atoms with Crippen LogP contribution in [0.1, 0.15) is 16.4 Å². The summed E-state index contributed by atoms with van der Waals surface area (Å²) in [5.41, 5.74) is 6.69. The summed E-state index contributed by atoms with van der Waals surface area (Å²) >= 11 is 5.77. The van der Waals surface area contributed by atoms with Gasteiger partial charge in [0.25, 0.3) is 0 Å². The molecule has 0 saturated carbocycles. The third-order valence-electron chi connectivity index (χ3n) is 3.51. The number of rotatable bonds is 5. The zero-order chi connectivity index (χ0) is 15.7. The maximum absolute atomic E-state index is 13.9. The number of amides is 1. The molecule has 0 radical (unpaired) electrons. The first-order valence-corrected chi connectivity index (χ1v) is 8.30. The monoisotopic (exact) mass is 338 g/mol. The second-order valence-corrected chi connectivity index (χ2v) is 6.40. The molecule has 2 unspecified atom stereocenters. The fourth-order valence-electron chi connectivity index (χ4n) is 2.50. The van der Waals surface area contributed by atoms with Crippen LogP contribution in [0.3, 0.4) is 0 Å². The third kappa shape index (κ3) is 2.84. The number of hydrogen-bond acceptors (Lipinski definition) is 5. The predicted octanol–water partition coefficient (Wildman–Crippen LogP) is 2.76. The minimum Gasteiger partial charge on any atom is -0.475 e. The van der Waals surface area contributed by atoms with Crippen LogP contribution >= 0.6 is 24.0 Å². The van der Waals surface area contributed by atoms with Gasteiger partial charge in [0.05, 0.1) is 11.6 Å². The van der Waals surface area contributed by atoms with Gasteiger partial charge in [-0.1, -0.05) is 6.07 Å². The van der Waals surface area contributed by atoms with Crippen LogP contribution in [0.5, 0.6) is 5.75 Å². The summed E-state index contributed by atoms with van der Waals surface area (Å²) in [6.07, 6.45) is -0.0130. The number of anilines is 1. The van der Waals surface area contributed by atoms with Crippen LogP contribution in [0.4, 0.5) is 10.1 Å². The molecule has 0 saturated heterocycles. The van der Waals surface area contributed by atoms with Crippen LogP contribution < -0.4 is 15.8 Å². The standard InChI is InChI=1S/C15H15FN2O2S2/c16-10-3-4-11(13-9(7-21)15(19)18-14(10)13)20-12(17)6-8-2-1-5-22-8/h1-5,9,12,21H,6-7,17H2,(H,18,19). The second-order valence-electron chi connectivity index (χ2n) is 5.00. The van der Waals surface area contributed by atoms with Gasteiger partial charge in [-0.3, -0.25) is 10.5 Å². The van der Waals surface area contributed by atoms with Gasteiger partial charge in [-0.15, -0.1) is 11.3 Å². The van der Waals surface area contributed by atoms with Gasteiger partial charge >= 0.3 is 0 Å². The number of ether oxygens (including phenoxy) is 1. The molecule has 1 aromatic carbocycles. The summed E-state index contributed by atoms with van der Waals surface area (Å²) in [4.78, 5) is 13.0. The van der Waals surface area contributed by atoms with Crippen LogP contribution in [-0.2, 0) is 11.2 Å². The highest BCUT2D eigenvalue weighted by Gasteiger charge is 2.35. The molecule has 2 aromatic rings. The van der Waals surface area contributed by atoms with Gasteiger partial charge in [0.2, 0.25) is 5.91 Å². The van der Waals surface area contributed by atoms with E-state index in [1.54, 1.807) is 11.3 Å². The van der Waals surface area contributed by atoms with Crippen molar-refractivity contribution in [3.05, 3.63) is 45.9 Å². The van der Waals surface area contributed by atoms with E-state index in [0.717, 1.165) is 4.88 Å². The van der Waals surface area contributed by atoms with E-state index in [9.17, 15) is 9.18 Å². The van der Waals surface area contributed by atoms with Gasteiger partial charge in [0.15, 0.2) is 6.23 Å². The summed E-state index contributed by atoms with van der Waals surface area (Å²) in [5, 5.41) is 4.51. The van der Waals surface area contributed by atoms with Gasteiger partial charge in [-0.2, -0.15) is 12.6 Å². The van der Waals surface area contributed by atoms with Crippen molar-refractivity contribution >= 4 is 35.6 Å². The average molecular weight is 338 g/mol. The Morgan fingerprint density at radius 3 is 2.95 bits per heavy atom. The van der Waals surface area contributed by atoms with Crippen molar-refractivity contribution in [1.82, 2.24) is 0 Å². The summed E-state index contributed by atoms with van der Waals surface area (Å²) in [5.74, 6) is -0.576. The lowest BCUT2D eigenvalue weighted by atomic mass is 10.0. The largest absolute Gasteiger partial charge is 0.475 e. The highest BCUT2D eigenvalue weighted by molar-refractivity contribution is 7.80. The van der Waals surface area contributed by atoms with Crippen molar-refractivity contribution in [1.29, 1.82) is 0 Å². The molecule has 1 aliphatic rings. The van der Waals surface area contributed by atoms with Crippen LogP contribution in [0, 0.1) is 5.82 Å². The Balaban J connectivity index is 1.86.